The topological polar surface area (TPSA) is 243 Å². The molecule has 12 nitrogen and oxygen atoms in total. The van der Waals surface area contributed by atoms with Crippen molar-refractivity contribution in [2.24, 2.45) is 22.2 Å². The predicted molar refractivity (Wildman–Crippen MR) is 72.8 cm³/mol. The Kier molecular flexibility index (Phi) is 11.2. The molecule has 0 aromatic heterocycles. The lowest BCUT2D eigenvalue weighted by Gasteiger charge is -2.07. The van der Waals surface area contributed by atoms with E-state index in [9.17, 15) is 14.4 Å². The van der Waals surface area contributed by atoms with Crippen molar-refractivity contribution < 1.29 is 39.9 Å². The number of guanidine groups is 1. The Morgan fingerprint density at radius 2 is 1.32 bits per heavy atom. The first kappa shape index (κ1) is 21.9. The summed E-state index contributed by atoms with van der Waals surface area (Å²) in [6.07, 6.45) is -3.58. The maximum Gasteiger partial charge on any atom is 0.335 e. The van der Waals surface area contributed by atoms with E-state index in [1.165, 1.54) is 0 Å². The second-order valence-corrected chi connectivity index (χ2v) is 3.96. The number of hydrogen-bond donors (Lipinski definition) is 8. The van der Waals surface area contributed by atoms with E-state index < -0.39 is 36.2 Å². The zero-order valence-corrected chi connectivity index (χ0v) is 11.5. The molecule has 11 N–H and O–H groups in total. The second-order valence-electron chi connectivity index (χ2n) is 3.96. The number of carbonyl (C=O) groups is 3. The van der Waals surface area contributed by atoms with E-state index in [2.05, 4.69) is 4.99 Å². The van der Waals surface area contributed by atoms with Gasteiger partial charge in [0.05, 0.1) is 0 Å². The summed E-state index contributed by atoms with van der Waals surface area (Å²) in [7, 11) is 0. The van der Waals surface area contributed by atoms with Gasteiger partial charge in [0.2, 0.25) is 0 Å². The summed E-state index contributed by atoms with van der Waals surface area (Å²) in [5, 5.41) is 40.9. The van der Waals surface area contributed by atoms with Gasteiger partial charge < -0.3 is 42.7 Å². The first-order valence-corrected chi connectivity index (χ1v) is 5.86. The van der Waals surface area contributed by atoms with Crippen molar-refractivity contribution in [1.82, 2.24) is 0 Å². The lowest BCUT2D eigenvalue weighted by atomic mass is 10.2. The van der Waals surface area contributed by atoms with Crippen LogP contribution < -0.4 is 17.2 Å². The highest BCUT2D eigenvalue weighted by molar-refractivity contribution is 5.83. The molecular formula is C10H20N4O8. The SMILES string of the molecule is NC(N)=NCCC[C@H](N)C(=O)O.O=C(O)[C@H](O)[C@@H](O)C(=O)O. The van der Waals surface area contributed by atoms with Gasteiger partial charge in [0.1, 0.15) is 6.04 Å². The molecule has 0 amide bonds. The molecular weight excluding hydrogens is 304 g/mol. The summed E-state index contributed by atoms with van der Waals surface area (Å²) in [6.45, 7) is 0.420. The summed E-state index contributed by atoms with van der Waals surface area (Å²) in [5.74, 6) is -4.52. The zero-order valence-electron chi connectivity index (χ0n) is 11.5. The van der Waals surface area contributed by atoms with Crippen LogP contribution in [0.4, 0.5) is 0 Å². The minimum Gasteiger partial charge on any atom is -0.480 e. The number of rotatable bonds is 8. The fourth-order valence-electron chi connectivity index (χ4n) is 0.913. The Labute approximate surface area is 124 Å². The third-order valence-corrected chi connectivity index (χ3v) is 2.09. The van der Waals surface area contributed by atoms with Gasteiger partial charge in [-0.1, -0.05) is 0 Å². The smallest absolute Gasteiger partial charge is 0.335 e. The highest BCUT2D eigenvalue weighted by atomic mass is 16.4. The Balaban J connectivity index is 0. The molecule has 3 atom stereocenters. The molecule has 0 fully saturated rings. The number of carboxylic acids is 3. The summed E-state index contributed by atoms with van der Waals surface area (Å²) < 4.78 is 0. The minimum atomic E-state index is -2.27. The summed E-state index contributed by atoms with van der Waals surface area (Å²) in [6, 6.07) is -0.820. The first-order chi connectivity index (χ1) is 10.0. The molecule has 0 aliphatic heterocycles. The quantitative estimate of drug-likeness (QED) is 0.123. The van der Waals surface area contributed by atoms with Gasteiger partial charge in [0.25, 0.3) is 0 Å². The average molecular weight is 324 g/mol. The van der Waals surface area contributed by atoms with E-state index in [0.29, 0.717) is 19.4 Å². The Morgan fingerprint density at radius 1 is 0.909 bits per heavy atom. The van der Waals surface area contributed by atoms with E-state index in [4.69, 9.17) is 42.7 Å². The van der Waals surface area contributed by atoms with Crippen LogP contribution in [-0.2, 0) is 14.4 Å². The van der Waals surface area contributed by atoms with Crippen molar-refractivity contribution in [3.63, 3.8) is 0 Å². The van der Waals surface area contributed by atoms with Gasteiger partial charge in [0, 0.05) is 6.54 Å². The monoisotopic (exact) mass is 324 g/mol. The van der Waals surface area contributed by atoms with E-state index >= 15 is 0 Å². The fourth-order valence-corrected chi connectivity index (χ4v) is 0.913. The van der Waals surface area contributed by atoms with Gasteiger partial charge in [-0.3, -0.25) is 9.79 Å². The van der Waals surface area contributed by atoms with E-state index in [-0.39, 0.29) is 5.96 Å². The molecule has 0 radical (unpaired) electrons. The van der Waals surface area contributed by atoms with Crippen molar-refractivity contribution in [3.05, 3.63) is 0 Å². The molecule has 0 rings (SSSR count). The van der Waals surface area contributed by atoms with Crippen LogP contribution in [0.5, 0.6) is 0 Å². The molecule has 0 bridgehead atoms. The molecule has 22 heavy (non-hydrogen) atoms. The maximum atomic E-state index is 10.2. The van der Waals surface area contributed by atoms with Crippen LogP contribution in [0.25, 0.3) is 0 Å². The van der Waals surface area contributed by atoms with E-state index in [1.807, 2.05) is 0 Å². The van der Waals surface area contributed by atoms with Crippen molar-refractivity contribution in [2.75, 3.05) is 6.54 Å². The van der Waals surface area contributed by atoms with Gasteiger partial charge in [0.15, 0.2) is 18.2 Å². The van der Waals surface area contributed by atoms with Crippen LogP contribution >= 0.6 is 0 Å². The molecule has 128 valence electrons. The van der Waals surface area contributed by atoms with Gasteiger partial charge in [-0.05, 0) is 12.8 Å². The normalized spacial score (nSPS) is 13.8. The van der Waals surface area contributed by atoms with Crippen molar-refractivity contribution >= 4 is 23.9 Å². The second kappa shape index (κ2) is 11.2. The van der Waals surface area contributed by atoms with Gasteiger partial charge in [-0.2, -0.15) is 0 Å². The predicted octanol–water partition coefficient (Wildman–Crippen LogP) is -3.67. The molecule has 0 unspecified atom stereocenters. The largest absolute Gasteiger partial charge is 0.480 e. The summed E-state index contributed by atoms with van der Waals surface area (Å²) >= 11 is 0. The number of hydrogen-bond acceptors (Lipinski definition) is 7. The van der Waals surface area contributed by atoms with Gasteiger partial charge >= 0.3 is 17.9 Å². The number of aliphatic imine (C=N–C) groups is 1. The maximum absolute atomic E-state index is 10.2. The molecule has 0 heterocycles. The van der Waals surface area contributed by atoms with Crippen LogP contribution in [0.2, 0.25) is 0 Å². The van der Waals surface area contributed by atoms with Crippen molar-refractivity contribution in [2.45, 2.75) is 31.1 Å². The molecule has 0 saturated heterocycles. The fraction of sp³-hybridized carbons (Fsp3) is 0.600. The number of aliphatic hydroxyl groups is 2. The highest BCUT2D eigenvalue weighted by Crippen LogP contribution is 1.94. The van der Waals surface area contributed by atoms with Gasteiger partial charge in [-0.15, -0.1) is 0 Å². The van der Waals surface area contributed by atoms with Crippen molar-refractivity contribution in [1.29, 1.82) is 0 Å². The third-order valence-electron chi connectivity index (χ3n) is 2.09. The van der Waals surface area contributed by atoms with E-state index in [1.54, 1.807) is 0 Å². The molecule has 12 heteroatoms. The number of nitrogens with two attached hydrogens (primary N) is 3. The standard InChI is InChI=1S/C6H14N4O2.C4H6O6/c7-4(5(11)12)2-1-3-10-6(8)9;5-1(3(7)8)2(6)4(9)10/h4H,1-3,7H2,(H,11,12)(H4,8,9,10);1-2,5-6H,(H,7,8)(H,9,10)/t4-;1-,2-/m01/s1. The Hall–Kier alpha value is -2.44. The average Bonchev–Trinajstić information content (AvgIpc) is 2.41. The first-order valence-electron chi connectivity index (χ1n) is 5.86. The summed E-state index contributed by atoms with van der Waals surface area (Å²) in [4.78, 5) is 33.4. The highest BCUT2D eigenvalue weighted by Gasteiger charge is 2.29. The van der Waals surface area contributed by atoms with Crippen LogP contribution in [0.15, 0.2) is 4.99 Å². The molecule has 0 aliphatic rings. The lowest BCUT2D eigenvalue weighted by molar-refractivity contribution is -0.165. The molecule has 0 spiro atoms. The van der Waals surface area contributed by atoms with Crippen LogP contribution in [0.1, 0.15) is 12.8 Å². The molecule has 0 aromatic carbocycles. The number of aliphatic hydroxyl groups excluding tert-OH is 2. The number of carboxylic acid groups (broad SMARTS) is 3. The van der Waals surface area contributed by atoms with Crippen LogP contribution in [0.3, 0.4) is 0 Å². The van der Waals surface area contributed by atoms with Crippen LogP contribution in [-0.4, -0.2) is 74.2 Å². The zero-order chi connectivity index (χ0) is 17.9. The minimum absolute atomic E-state index is 0.0129. The Morgan fingerprint density at radius 3 is 1.59 bits per heavy atom. The van der Waals surface area contributed by atoms with Crippen molar-refractivity contribution in [3.8, 4) is 0 Å². The Bertz CT molecular complexity index is 392. The number of aliphatic carboxylic acids is 3. The molecule has 0 saturated carbocycles. The van der Waals surface area contributed by atoms with Crippen LogP contribution in [0, 0.1) is 0 Å². The molecule has 0 aromatic rings. The molecule has 0 aliphatic carbocycles. The summed E-state index contributed by atoms with van der Waals surface area (Å²) in [5.41, 5.74) is 15.3. The number of nitrogens with zero attached hydrogens (tertiary/aromatic N) is 1. The lowest BCUT2D eigenvalue weighted by Crippen LogP contribution is -2.39. The van der Waals surface area contributed by atoms with E-state index in [0.717, 1.165) is 0 Å². The van der Waals surface area contributed by atoms with Gasteiger partial charge in [-0.25, -0.2) is 9.59 Å². The third kappa shape index (κ3) is 11.4.